The first-order valence-electron chi connectivity index (χ1n) is 12.9. The van der Waals surface area contributed by atoms with Crippen molar-refractivity contribution < 1.29 is 33.6 Å². The number of carbonyl (C=O) groups is 2. The Morgan fingerprint density at radius 2 is 1.81 bits per heavy atom. The minimum absolute atomic E-state index is 0.0511. The maximum atomic E-state index is 14.6. The van der Waals surface area contributed by atoms with Crippen molar-refractivity contribution in [1.82, 2.24) is 0 Å². The molecule has 3 fully saturated rings. The lowest BCUT2D eigenvalue weighted by Gasteiger charge is -2.64. The van der Waals surface area contributed by atoms with Crippen molar-refractivity contribution in [1.29, 1.82) is 0 Å². The summed E-state index contributed by atoms with van der Waals surface area (Å²) in [4.78, 5) is 28.1. The normalized spacial score (nSPS) is 41.4. The van der Waals surface area contributed by atoms with E-state index in [1.807, 2.05) is 33.8 Å². The average molecular weight is 499 g/mol. The van der Waals surface area contributed by atoms with Crippen molar-refractivity contribution >= 4 is 11.8 Å². The molecule has 0 amide bonds. The van der Waals surface area contributed by atoms with Crippen LogP contribution in [0.4, 0.5) is 0 Å². The van der Waals surface area contributed by atoms with Crippen LogP contribution in [0.3, 0.4) is 0 Å². The Balaban J connectivity index is 1.74. The molecular formula is C29H38O7. The Morgan fingerprint density at radius 1 is 1.11 bits per heavy atom. The minimum atomic E-state index is -1.43. The van der Waals surface area contributed by atoms with E-state index in [9.17, 15) is 14.7 Å². The van der Waals surface area contributed by atoms with Crippen LogP contribution in [-0.4, -0.2) is 67.7 Å². The Kier molecular flexibility index (Phi) is 6.22. The van der Waals surface area contributed by atoms with Gasteiger partial charge in [0.15, 0.2) is 5.78 Å². The number of ketones is 1. The maximum Gasteiger partial charge on any atom is 0.338 e. The standard InChI is InChI=1S/C29H38O7/c1-16-12-13-29(32)25(36-26(31)17-10-8-7-9-11-17)22-18-15-35-19(18)14-20(33-5)28(22,4)24(30)23(34-6)21(16)27(29,2)3/h7-11,18-20,22-23,25,32H,12-15H2,1-6H3. The van der Waals surface area contributed by atoms with Crippen LogP contribution in [0.15, 0.2) is 41.5 Å². The summed E-state index contributed by atoms with van der Waals surface area (Å²) in [5.41, 5.74) is -1.14. The number of aliphatic hydroxyl groups is 1. The summed E-state index contributed by atoms with van der Waals surface area (Å²) >= 11 is 0. The molecular weight excluding hydrogens is 460 g/mol. The maximum absolute atomic E-state index is 14.6. The number of carbonyl (C=O) groups excluding carboxylic acids is 2. The van der Waals surface area contributed by atoms with Crippen LogP contribution >= 0.6 is 0 Å². The monoisotopic (exact) mass is 498 g/mol. The topological polar surface area (TPSA) is 91.3 Å². The van der Waals surface area contributed by atoms with E-state index in [0.717, 1.165) is 11.1 Å². The number of allylic oxidation sites excluding steroid dienone is 1. The zero-order chi connectivity index (χ0) is 26.0. The SMILES string of the molecule is COC1C(=O)C2(C)C(OC)CC3OCC3C2C(OC(=O)c2ccccc2)C2(O)CCC(C)=C1C2(C)C. The molecule has 0 radical (unpaired) electrons. The van der Waals surface area contributed by atoms with E-state index in [2.05, 4.69) is 0 Å². The largest absolute Gasteiger partial charge is 0.455 e. The van der Waals surface area contributed by atoms with Gasteiger partial charge in [0.1, 0.15) is 17.8 Å². The van der Waals surface area contributed by atoms with Crippen LogP contribution in [0.1, 0.15) is 57.3 Å². The van der Waals surface area contributed by atoms with Gasteiger partial charge in [-0.05, 0) is 44.4 Å². The van der Waals surface area contributed by atoms with Gasteiger partial charge in [-0.25, -0.2) is 4.79 Å². The second-order valence-corrected chi connectivity index (χ2v) is 11.7. The van der Waals surface area contributed by atoms with Crippen LogP contribution in [0, 0.1) is 22.7 Å². The van der Waals surface area contributed by atoms with Crippen LogP contribution < -0.4 is 0 Å². The zero-order valence-electron chi connectivity index (χ0n) is 22.1. The van der Waals surface area contributed by atoms with E-state index in [-0.39, 0.29) is 17.8 Å². The molecule has 196 valence electrons. The van der Waals surface area contributed by atoms with E-state index >= 15 is 0 Å². The first-order chi connectivity index (χ1) is 17.0. The number of ether oxygens (including phenoxy) is 4. The molecule has 8 atom stereocenters. The molecule has 4 aliphatic rings. The van der Waals surface area contributed by atoms with Crippen molar-refractivity contribution in [3.63, 3.8) is 0 Å². The summed E-state index contributed by atoms with van der Waals surface area (Å²) in [5.74, 6) is -1.14. The number of hydrogen-bond donors (Lipinski definition) is 1. The number of benzene rings is 1. The molecule has 7 heteroatoms. The molecule has 36 heavy (non-hydrogen) atoms. The van der Waals surface area contributed by atoms with E-state index in [4.69, 9.17) is 18.9 Å². The van der Waals surface area contributed by atoms with Gasteiger partial charge in [-0.3, -0.25) is 4.79 Å². The highest BCUT2D eigenvalue weighted by molar-refractivity contribution is 5.94. The number of esters is 1. The first kappa shape index (κ1) is 25.6. The molecule has 1 saturated heterocycles. The molecule has 2 saturated carbocycles. The summed E-state index contributed by atoms with van der Waals surface area (Å²) in [5, 5.41) is 12.7. The smallest absolute Gasteiger partial charge is 0.338 e. The van der Waals surface area contributed by atoms with Crippen LogP contribution in [0.25, 0.3) is 0 Å². The molecule has 1 aliphatic heterocycles. The van der Waals surface area contributed by atoms with Gasteiger partial charge in [0.25, 0.3) is 0 Å². The van der Waals surface area contributed by atoms with Crippen molar-refractivity contribution in [2.24, 2.45) is 22.7 Å². The molecule has 1 N–H and O–H groups in total. The second kappa shape index (κ2) is 8.76. The summed E-state index contributed by atoms with van der Waals surface area (Å²) < 4.78 is 24.2. The third-order valence-electron chi connectivity index (χ3n) is 9.94. The van der Waals surface area contributed by atoms with Crippen LogP contribution in [0.5, 0.6) is 0 Å². The Hall–Kier alpha value is -2.06. The van der Waals surface area contributed by atoms with Gasteiger partial charge in [0.05, 0.1) is 29.8 Å². The average Bonchev–Trinajstić information content (AvgIpc) is 2.84. The highest BCUT2D eigenvalue weighted by atomic mass is 16.6. The van der Waals surface area contributed by atoms with E-state index in [0.29, 0.717) is 31.4 Å². The van der Waals surface area contributed by atoms with Crippen LogP contribution in [-0.2, 0) is 23.7 Å². The van der Waals surface area contributed by atoms with Gasteiger partial charge in [-0.2, -0.15) is 0 Å². The fourth-order valence-electron chi connectivity index (χ4n) is 7.74. The first-order valence-corrected chi connectivity index (χ1v) is 12.9. The third-order valence-corrected chi connectivity index (χ3v) is 9.94. The summed E-state index contributed by atoms with van der Waals surface area (Å²) in [7, 11) is 3.16. The molecule has 8 unspecified atom stereocenters. The van der Waals surface area contributed by atoms with Crippen molar-refractivity contribution in [2.45, 2.75) is 77.0 Å². The minimum Gasteiger partial charge on any atom is -0.455 e. The van der Waals surface area contributed by atoms with Gasteiger partial charge in [-0.15, -0.1) is 0 Å². The molecule has 0 aromatic heterocycles. The van der Waals surface area contributed by atoms with Crippen molar-refractivity contribution in [3.8, 4) is 0 Å². The molecule has 2 bridgehead atoms. The predicted molar refractivity (Wildman–Crippen MR) is 132 cm³/mol. The zero-order valence-corrected chi connectivity index (χ0v) is 22.1. The molecule has 1 heterocycles. The molecule has 1 aromatic rings. The molecule has 0 spiro atoms. The molecule has 3 aliphatic carbocycles. The van der Waals surface area contributed by atoms with Gasteiger partial charge < -0.3 is 24.1 Å². The highest BCUT2D eigenvalue weighted by Gasteiger charge is 2.71. The molecule has 7 nitrogen and oxygen atoms in total. The molecule has 5 rings (SSSR count). The lowest BCUT2D eigenvalue weighted by molar-refractivity contribution is -0.277. The second-order valence-electron chi connectivity index (χ2n) is 11.7. The lowest BCUT2D eigenvalue weighted by Crippen LogP contribution is -2.74. The number of fused-ring (bicyclic) bond motifs is 5. The van der Waals surface area contributed by atoms with E-state index in [1.54, 1.807) is 38.5 Å². The summed E-state index contributed by atoms with van der Waals surface area (Å²) in [6.45, 7) is 8.26. The predicted octanol–water partition coefficient (Wildman–Crippen LogP) is 3.73. The number of rotatable bonds is 4. The Bertz CT molecular complexity index is 1080. The summed E-state index contributed by atoms with van der Waals surface area (Å²) in [6, 6.07) is 8.82. The van der Waals surface area contributed by atoms with Crippen LogP contribution in [0.2, 0.25) is 0 Å². The van der Waals surface area contributed by atoms with Gasteiger partial charge in [0, 0.05) is 37.9 Å². The van der Waals surface area contributed by atoms with Gasteiger partial charge >= 0.3 is 5.97 Å². The lowest BCUT2D eigenvalue weighted by atomic mass is 9.46. The summed E-state index contributed by atoms with van der Waals surface area (Å²) in [6.07, 6.45) is -0.789. The highest BCUT2D eigenvalue weighted by Crippen LogP contribution is 2.62. The van der Waals surface area contributed by atoms with E-state index < -0.39 is 46.6 Å². The molecule has 1 aromatic carbocycles. The van der Waals surface area contributed by atoms with Crippen molar-refractivity contribution in [3.05, 3.63) is 47.0 Å². The van der Waals surface area contributed by atoms with E-state index in [1.165, 1.54) is 0 Å². The van der Waals surface area contributed by atoms with Gasteiger partial charge in [0.2, 0.25) is 0 Å². The third kappa shape index (κ3) is 3.32. The number of methoxy groups -OCH3 is 2. The fraction of sp³-hybridized carbons (Fsp3) is 0.655. The fourth-order valence-corrected chi connectivity index (χ4v) is 7.74. The quantitative estimate of drug-likeness (QED) is 0.500. The number of hydrogen-bond acceptors (Lipinski definition) is 7. The number of Topliss-reactive ketones (excluding diaryl/α,β-unsaturated/α-hetero) is 1. The van der Waals surface area contributed by atoms with Gasteiger partial charge in [-0.1, -0.05) is 37.6 Å². The Morgan fingerprint density at radius 3 is 2.39 bits per heavy atom. The Labute approximate surface area is 213 Å². The van der Waals surface area contributed by atoms with Crippen molar-refractivity contribution in [2.75, 3.05) is 20.8 Å².